The van der Waals surface area contributed by atoms with Gasteiger partial charge in [-0.1, -0.05) is 24.3 Å². The number of ether oxygens (including phenoxy) is 1. The maximum absolute atomic E-state index is 12.1. The second-order valence-electron chi connectivity index (χ2n) is 5.57. The molecule has 6 nitrogen and oxygen atoms in total. The number of fused-ring (bicyclic) bond motifs is 2. The quantitative estimate of drug-likeness (QED) is 0.731. The van der Waals surface area contributed by atoms with Gasteiger partial charge in [0.1, 0.15) is 11.3 Å². The molecule has 122 valence electrons. The lowest BCUT2D eigenvalue weighted by Crippen LogP contribution is -2.39. The molecule has 1 aliphatic rings. The summed E-state index contributed by atoms with van der Waals surface area (Å²) in [4.78, 5) is 18.2. The van der Waals surface area contributed by atoms with E-state index >= 15 is 0 Å². The lowest BCUT2D eigenvalue weighted by atomic mass is 10.2. The third-order valence-electron chi connectivity index (χ3n) is 3.94. The third-order valence-corrected chi connectivity index (χ3v) is 3.94. The maximum Gasteiger partial charge on any atom is 0.295 e. The molecule has 4 rings (SSSR count). The van der Waals surface area contributed by atoms with E-state index in [4.69, 9.17) is 9.15 Å². The molecule has 2 heterocycles. The fraction of sp³-hybridized carbons (Fsp3) is 0.222. The number of hydrogen-bond donors (Lipinski definition) is 1. The molecule has 0 aliphatic carbocycles. The van der Waals surface area contributed by atoms with E-state index in [-0.39, 0.29) is 12.5 Å². The fourth-order valence-corrected chi connectivity index (χ4v) is 2.78. The van der Waals surface area contributed by atoms with Crippen LogP contribution < -0.4 is 15.0 Å². The number of amides is 1. The molecule has 1 aliphatic heterocycles. The Labute approximate surface area is 139 Å². The molecule has 0 fully saturated rings. The molecule has 0 saturated heterocycles. The number of nitrogens with zero attached hydrogens (tertiary/aromatic N) is 2. The number of aromatic nitrogens is 1. The lowest BCUT2D eigenvalue weighted by Gasteiger charge is -2.29. The second kappa shape index (κ2) is 6.23. The van der Waals surface area contributed by atoms with Crippen molar-refractivity contribution in [1.29, 1.82) is 0 Å². The van der Waals surface area contributed by atoms with Gasteiger partial charge in [-0.3, -0.25) is 4.79 Å². The molecule has 1 N–H and O–H groups in total. The Morgan fingerprint density at radius 1 is 1.12 bits per heavy atom. The van der Waals surface area contributed by atoms with Gasteiger partial charge in [0.25, 0.3) is 11.9 Å². The van der Waals surface area contributed by atoms with Gasteiger partial charge in [0, 0.05) is 13.1 Å². The van der Waals surface area contributed by atoms with E-state index in [2.05, 4.69) is 10.3 Å². The Hall–Kier alpha value is -3.02. The predicted molar refractivity (Wildman–Crippen MR) is 91.4 cm³/mol. The van der Waals surface area contributed by atoms with Crippen LogP contribution in [0.2, 0.25) is 0 Å². The first-order valence-corrected chi connectivity index (χ1v) is 7.93. The van der Waals surface area contributed by atoms with Gasteiger partial charge in [0.15, 0.2) is 12.2 Å². The van der Waals surface area contributed by atoms with E-state index in [9.17, 15) is 4.79 Å². The van der Waals surface area contributed by atoms with Crippen LogP contribution in [0.3, 0.4) is 0 Å². The first-order chi connectivity index (χ1) is 11.8. The first-order valence-electron chi connectivity index (χ1n) is 7.93. The van der Waals surface area contributed by atoms with Crippen molar-refractivity contribution in [2.75, 3.05) is 29.9 Å². The molecule has 2 aromatic carbocycles. The summed E-state index contributed by atoms with van der Waals surface area (Å²) < 4.78 is 11.1. The molecule has 1 amide bonds. The number of nitrogens with one attached hydrogen (secondary N) is 1. The van der Waals surface area contributed by atoms with Gasteiger partial charge in [-0.15, -0.1) is 0 Å². The molecule has 3 aromatic rings. The summed E-state index contributed by atoms with van der Waals surface area (Å²) in [6.07, 6.45) is 0.777. The standard InChI is InChI=1S/C18H17N3O3/c22-17-12-23-16-9-4-2-7-14(16)21(17)11-5-10-19-18-20-13-6-1-3-8-15(13)24-18/h1-4,6-9H,5,10-12H2,(H,19,20). The van der Waals surface area contributed by atoms with Gasteiger partial charge in [-0.05, 0) is 30.7 Å². The van der Waals surface area contributed by atoms with Crippen molar-refractivity contribution in [2.24, 2.45) is 0 Å². The predicted octanol–water partition coefficient (Wildman–Crippen LogP) is 3.06. The van der Waals surface area contributed by atoms with Gasteiger partial charge in [0.05, 0.1) is 5.69 Å². The summed E-state index contributed by atoms with van der Waals surface area (Å²) in [5, 5.41) is 3.17. The Bertz CT molecular complexity index is 842. The Balaban J connectivity index is 1.36. The zero-order valence-corrected chi connectivity index (χ0v) is 13.1. The molecule has 0 saturated carbocycles. The first kappa shape index (κ1) is 14.6. The van der Waals surface area contributed by atoms with Crippen LogP contribution >= 0.6 is 0 Å². The number of para-hydroxylation sites is 4. The number of hydrogen-bond acceptors (Lipinski definition) is 5. The van der Waals surface area contributed by atoms with Crippen molar-refractivity contribution in [3.8, 4) is 5.75 Å². The Morgan fingerprint density at radius 2 is 1.96 bits per heavy atom. The van der Waals surface area contributed by atoms with Crippen molar-refractivity contribution in [2.45, 2.75) is 6.42 Å². The largest absolute Gasteiger partial charge is 0.482 e. The highest BCUT2D eigenvalue weighted by atomic mass is 16.5. The number of rotatable bonds is 5. The average Bonchev–Trinajstić information content (AvgIpc) is 3.03. The maximum atomic E-state index is 12.1. The highest BCUT2D eigenvalue weighted by Gasteiger charge is 2.24. The van der Waals surface area contributed by atoms with E-state index in [0.29, 0.717) is 19.1 Å². The zero-order chi connectivity index (χ0) is 16.4. The van der Waals surface area contributed by atoms with Crippen LogP contribution in [0.5, 0.6) is 5.75 Å². The summed E-state index contributed by atoms with van der Waals surface area (Å²) in [5.41, 5.74) is 2.42. The van der Waals surface area contributed by atoms with Crippen molar-refractivity contribution in [3.63, 3.8) is 0 Å². The van der Waals surface area contributed by atoms with Gasteiger partial charge in [0.2, 0.25) is 0 Å². The van der Waals surface area contributed by atoms with E-state index in [1.54, 1.807) is 4.90 Å². The summed E-state index contributed by atoms with van der Waals surface area (Å²) in [5.74, 6) is 0.736. The summed E-state index contributed by atoms with van der Waals surface area (Å²) in [7, 11) is 0. The minimum atomic E-state index is -0.0180. The van der Waals surface area contributed by atoms with Crippen molar-refractivity contribution < 1.29 is 13.9 Å². The number of carbonyl (C=O) groups is 1. The molecule has 0 unspecified atom stereocenters. The molecule has 0 bridgehead atoms. The molecule has 0 atom stereocenters. The minimum absolute atomic E-state index is 0.0180. The van der Waals surface area contributed by atoms with E-state index in [1.165, 1.54) is 0 Å². The molecule has 0 spiro atoms. The zero-order valence-electron chi connectivity index (χ0n) is 13.1. The highest BCUT2D eigenvalue weighted by Crippen LogP contribution is 2.31. The van der Waals surface area contributed by atoms with Crippen LogP contribution in [0, 0.1) is 0 Å². The summed E-state index contributed by atoms with van der Waals surface area (Å²) in [6.45, 7) is 1.38. The highest BCUT2D eigenvalue weighted by molar-refractivity contribution is 5.97. The van der Waals surface area contributed by atoms with Crippen LogP contribution in [0.4, 0.5) is 11.7 Å². The molecule has 6 heteroatoms. The van der Waals surface area contributed by atoms with E-state index < -0.39 is 0 Å². The molecule has 24 heavy (non-hydrogen) atoms. The fourth-order valence-electron chi connectivity index (χ4n) is 2.78. The smallest absolute Gasteiger partial charge is 0.295 e. The summed E-state index contributed by atoms with van der Waals surface area (Å²) in [6, 6.07) is 15.7. The molecule has 1 aromatic heterocycles. The van der Waals surface area contributed by atoms with E-state index in [1.807, 2.05) is 48.5 Å². The van der Waals surface area contributed by atoms with Crippen LogP contribution in [-0.4, -0.2) is 30.6 Å². The molecular formula is C18H17N3O3. The topological polar surface area (TPSA) is 67.6 Å². The SMILES string of the molecule is O=C1COc2ccccc2N1CCCNc1nc2ccccc2o1. The minimum Gasteiger partial charge on any atom is -0.482 e. The van der Waals surface area contributed by atoms with Crippen molar-refractivity contribution in [1.82, 2.24) is 4.98 Å². The van der Waals surface area contributed by atoms with Crippen molar-refractivity contribution in [3.05, 3.63) is 48.5 Å². The Morgan fingerprint density at radius 3 is 2.88 bits per heavy atom. The van der Waals surface area contributed by atoms with Crippen LogP contribution in [0.15, 0.2) is 52.9 Å². The van der Waals surface area contributed by atoms with Gasteiger partial charge >= 0.3 is 0 Å². The van der Waals surface area contributed by atoms with Crippen LogP contribution in [-0.2, 0) is 4.79 Å². The number of oxazole rings is 1. The van der Waals surface area contributed by atoms with E-state index in [0.717, 1.165) is 29.0 Å². The van der Waals surface area contributed by atoms with Gasteiger partial charge in [-0.25, -0.2) is 0 Å². The van der Waals surface area contributed by atoms with Crippen LogP contribution in [0.25, 0.3) is 11.1 Å². The summed E-state index contributed by atoms with van der Waals surface area (Å²) >= 11 is 0. The number of benzene rings is 2. The monoisotopic (exact) mass is 323 g/mol. The van der Waals surface area contributed by atoms with Gasteiger partial charge in [-0.2, -0.15) is 4.98 Å². The normalized spacial score (nSPS) is 13.7. The van der Waals surface area contributed by atoms with Crippen LogP contribution in [0.1, 0.15) is 6.42 Å². The molecular weight excluding hydrogens is 306 g/mol. The Kier molecular flexibility index (Phi) is 3.78. The third kappa shape index (κ3) is 2.78. The average molecular weight is 323 g/mol. The lowest BCUT2D eigenvalue weighted by molar-refractivity contribution is -0.121. The number of carbonyl (C=O) groups excluding carboxylic acids is 1. The van der Waals surface area contributed by atoms with Gasteiger partial charge < -0.3 is 19.4 Å². The second-order valence-corrected chi connectivity index (χ2v) is 5.57. The van der Waals surface area contributed by atoms with Crippen molar-refractivity contribution >= 4 is 28.7 Å². The molecule has 0 radical (unpaired) electrons. The number of anilines is 2.